The Morgan fingerprint density at radius 1 is 1.46 bits per heavy atom. The van der Waals surface area contributed by atoms with Crippen molar-refractivity contribution in [1.82, 2.24) is 4.98 Å². The van der Waals surface area contributed by atoms with E-state index >= 15 is 0 Å². The molecule has 1 aromatic heterocycles. The van der Waals surface area contributed by atoms with E-state index in [2.05, 4.69) is 18.8 Å². The van der Waals surface area contributed by atoms with Gasteiger partial charge in [-0.05, 0) is 24.0 Å². The molecule has 1 nitrogen and oxygen atoms in total. The molecule has 0 N–H and O–H groups in total. The van der Waals surface area contributed by atoms with E-state index in [4.69, 9.17) is 0 Å². The van der Waals surface area contributed by atoms with Crippen LogP contribution in [-0.2, 0) is 0 Å². The highest BCUT2D eigenvalue weighted by molar-refractivity contribution is 5.14. The van der Waals surface area contributed by atoms with E-state index in [0.29, 0.717) is 5.92 Å². The lowest BCUT2D eigenvalue weighted by molar-refractivity contribution is 0.595. The van der Waals surface area contributed by atoms with Gasteiger partial charge in [-0.15, -0.1) is 0 Å². The van der Waals surface area contributed by atoms with E-state index < -0.39 is 0 Å². The molecule has 0 spiro atoms. The van der Waals surface area contributed by atoms with Crippen LogP contribution >= 0.6 is 0 Å². The third-order valence-corrected chi connectivity index (χ3v) is 2.29. The fourth-order valence-electron chi connectivity index (χ4n) is 1.37. The van der Waals surface area contributed by atoms with Crippen LogP contribution in [-0.4, -0.2) is 4.98 Å². The zero-order valence-corrected chi connectivity index (χ0v) is 8.26. The van der Waals surface area contributed by atoms with Crippen molar-refractivity contribution in [1.29, 1.82) is 0 Å². The fraction of sp³-hybridized carbons (Fsp3) is 0.545. The van der Waals surface area contributed by atoms with Gasteiger partial charge in [0.05, 0.1) is 6.20 Å². The summed E-state index contributed by atoms with van der Waals surface area (Å²) in [5.41, 5.74) is 1.01. The topological polar surface area (TPSA) is 12.9 Å². The summed E-state index contributed by atoms with van der Waals surface area (Å²) in [4.78, 5) is 3.84. The van der Waals surface area contributed by atoms with Crippen molar-refractivity contribution in [2.24, 2.45) is 0 Å². The third kappa shape index (κ3) is 3.13. The molecular formula is C11H16FN. The van der Waals surface area contributed by atoms with Crippen LogP contribution in [0.5, 0.6) is 0 Å². The Kier molecular flexibility index (Phi) is 3.87. The smallest absolute Gasteiger partial charge is 0.141 e. The van der Waals surface area contributed by atoms with Crippen molar-refractivity contribution in [2.45, 2.75) is 39.0 Å². The molecule has 0 saturated heterocycles. The second-order valence-electron chi connectivity index (χ2n) is 3.48. The minimum absolute atomic E-state index is 0.235. The van der Waals surface area contributed by atoms with Gasteiger partial charge in [-0.1, -0.05) is 26.7 Å². The number of nitrogens with zero attached hydrogens (tertiary/aromatic N) is 1. The van der Waals surface area contributed by atoms with Gasteiger partial charge in [0, 0.05) is 6.20 Å². The zero-order valence-electron chi connectivity index (χ0n) is 8.26. The number of hydrogen-bond donors (Lipinski definition) is 0. The lowest BCUT2D eigenvalue weighted by atomic mass is 9.97. The Labute approximate surface area is 79.0 Å². The molecule has 0 fully saturated rings. The Morgan fingerprint density at radius 2 is 2.23 bits per heavy atom. The van der Waals surface area contributed by atoms with Crippen LogP contribution < -0.4 is 0 Å². The minimum Gasteiger partial charge on any atom is -0.261 e. The number of halogens is 1. The number of unbranched alkanes of at least 4 members (excludes halogenated alkanes) is 1. The molecule has 0 radical (unpaired) electrons. The van der Waals surface area contributed by atoms with Gasteiger partial charge in [0.25, 0.3) is 0 Å². The molecule has 0 aliphatic rings. The average molecular weight is 181 g/mol. The molecule has 0 amide bonds. The molecule has 0 bridgehead atoms. The maximum atomic E-state index is 12.8. The number of aromatic nitrogens is 1. The monoisotopic (exact) mass is 181 g/mol. The summed E-state index contributed by atoms with van der Waals surface area (Å²) in [7, 11) is 0. The van der Waals surface area contributed by atoms with E-state index in [0.717, 1.165) is 12.0 Å². The summed E-state index contributed by atoms with van der Waals surface area (Å²) in [5, 5.41) is 0. The molecule has 1 atom stereocenters. The predicted octanol–water partition coefficient (Wildman–Crippen LogP) is 3.51. The standard InChI is InChI=1S/C11H16FN/c1-3-4-5-9(2)10-6-11(12)8-13-7-10/h6-9H,3-5H2,1-2H3. The molecule has 2 heteroatoms. The molecule has 0 saturated carbocycles. The van der Waals surface area contributed by atoms with Crippen molar-refractivity contribution < 1.29 is 4.39 Å². The summed E-state index contributed by atoms with van der Waals surface area (Å²) >= 11 is 0. The van der Waals surface area contributed by atoms with Crippen LogP contribution in [0.1, 0.15) is 44.6 Å². The molecule has 1 rings (SSSR count). The van der Waals surface area contributed by atoms with Crippen molar-refractivity contribution in [2.75, 3.05) is 0 Å². The highest BCUT2D eigenvalue weighted by Crippen LogP contribution is 2.20. The fourth-order valence-corrected chi connectivity index (χ4v) is 1.37. The molecule has 13 heavy (non-hydrogen) atoms. The second kappa shape index (κ2) is 4.95. The summed E-state index contributed by atoms with van der Waals surface area (Å²) in [5.74, 6) is 0.184. The van der Waals surface area contributed by atoms with Crippen LogP contribution in [0.15, 0.2) is 18.5 Å². The maximum absolute atomic E-state index is 12.8. The molecule has 72 valence electrons. The number of pyridine rings is 1. The first-order valence-electron chi connectivity index (χ1n) is 4.84. The largest absolute Gasteiger partial charge is 0.261 e. The van der Waals surface area contributed by atoms with Crippen LogP contribution in [0, 0.1) is 5.82 Å². The summed E-state index contributed by atoms with van der Waals surface area (Å²) in [6.07, 6.45) is 6.49. The Bertz CT molecular complexity index is 260. The van der Waals surface area contributed by atoms with Crippen LogP contribution in [0.25, 0.3) is 0 Å². The predicted molar refractivity (Wildman–Crippen MR) is 52.1 cm³/mol. The SMILES string of the molecule is CCCCC(C)c1cncc(F)c1. The summed E-state index contributed by atoms with van der Waals surface area (Å²) in [6, 6.07) is 1.58. The summed E-state index contributed by atoms with van der Waals surface area (Å²) in [6.45, 7) is 4.28. The Hall–Kier alpha value is -0.920. The second-order valence-corrected chi connectivity index (χ2v) is 3.48. The quantitative estimate of drug-likeness (QED) is 0.692. The molecule has 1 unspecified atom stereocenters. The maximum Gasteiger partial charge on any atom is 0.141 e. The molecular weight excluding hydrogens is 165 g/mol. The lowest BCUT2D eigenvalue weighted by Gasteiger charge is -2.09. The van der Waals surface area contributed by atoms with Gasteiger partial charge in [0.15, 0.2) is 0 Å². The van der Waals surface area contributed by atoms with Gasteiger partial charge in [-0.3, -0.25) is 4.98 Å². The van der Waals surface area contributed by atoms with E-state index in [1.165, 1.54) is 19.0 Å². The van der Waals surface area contributed by atoms with Crippen molar-refractivity contribution in [3.05, 3.63) is 29.8 Å². The highest BCUT2D eigenvalue weighted by atomic mass is 19.1. The van der Waals surface area contributed by atoms with Gasteiger partial charge in [-0.25, -0.2) is 4.39 Å². The first-order chi connectivity index (χ1) is 6.24. The number of hydrogen-bond acceptors (Lipinski definition) is 1. The summed E-state index contributed by atoms with van der Waals surface area (Å²) < 4.78 is 12.8. The van der Waals surface area contributed by atoms with E-state index in [1.807, 2.05) is 0 Å². The van der Waals surface area contributed by atoms with E-state index in [9.17, 15) is 4.39 Å². The van der Waals surface area contributed by atoms with Gasteiger partial charge < -0.3 is 0 Å². The van der Waals surface area contributed by atoms with Crippen LogP contribution in [0.4, 0.5) is 4.39 Å². The van der Waals surface area contributed by atoms with Gasteiger partial charge in [0.2, 0.25) is 0 Å². The van der Waals surface area contributed by atoms with Gasteiger partial charge in [0.1, 0.15) is 5.82 Å². The molecule has 1 heterocycles. The normalized spacial score (nSPS) is 12.8. The molecule has 1 aromatic rings. The Morgan fingerprint density at radius 3 is 2.85 bits per heavy atom. The third-order valence-electron chi connectivity index (χ3n) is 2.29. The van der Waals surface area contributed by atoms with E-state index in [-0.39, 0.29) is 5.82 Å². The first kappa shape index (κ1) is 10.2. The van der Waals surface area contributed by atoms with Crippen LogP contribution in [0.3, 0.4) is 0 Å². The molecule has 0 aliphatic heterocycles. The van der Waals surface area contributed by atoms with E-state index in [1.54, 1.807) is 12.3 Å². The molecule has 0 aliphatic carbocycles. The van der Waals surface area contributed by atoms with Crippen molar-refractivity contribution in [3.8, 4) is 0 Å². The van der Waals surface area contributed by atoms with Crippen molar-refractivity contribution in [3.63, 3.8) is 0 Å². The van der Waals surface area contributed by atoms with Crippen molar-refractivity contribution >= 4 is 0 Å². The minimum atomic E-state index is -0.235. The number of rotatable bonds is 4. The van der Waals surface area contributed by atoms with Gasteiger partial charge >= 0.3 is 0 Å². The average Bonchev–Trinajstić information content (AvgIpc) is 2.14. The Balaban J connectivity index is 2.60. The molecule has 0 aromatic carbocycles. The first-order valence-corrected chi connectivity index (χ1v) is 4.84. The lowest BCUT2D eigenvalue weighted by Crippen LogP contribution is -1.95. The van der Waals surface area contributed by atoms with Gasteiger partial charge in [-0.2, -0.15) is 0 Å². The van der Waals surface area contributed by atoms with Crippen LogP contribution in [0.2, 0.25) is 0 Å². The highest BCUT2D eigenvalue weighted by Gasteiger charge is 2.05. The zero-order chi connectivity index (χ0) is 9.68.